The summed E-state index contributed by atoms with van der Waals surface area (Å²) in [4.78, 5) is 11.0. The fraction of sp³-hybridized carbons (Fsp3) is 0.909. The highest BCUT2D eigenvalue weighted by Gasteiger charge is 2.37. The number of ether oxygens (including phenoxy) is 1. The Labute approximate surface area is 91.0 Å². The second kappa shape index (κ2) is 5.47. The molecule has 0 aromatic carbocycles. The topological polar surface area (TPSA) is 58.6 Å². The van der Waals surface area contributed by atoms with Crippen LogP contribution in [0.15, 0.2) is 0 Å². The number of nitrogens with one attached hydrogen (secondary N) is 1. The third-order valence-corrected chi connectivity index (χ3v) is 2.90. The van der Waals surface area contributed by atoms with E-state index in [0.29, 0.717) is 18.4 Å². The molecule has 4 nitrogen and oxygen atoms in total. The first-order valence-electron chi connectivity index (χ1n) is 5.54. The fourth-order valence-electron chi connectivity index (χ4n) is 1.68. The Morgan fingerprint density at radius 3 is 2.47 bits per heavy atom. The van der Waals surface area contributed by atoms with Crippen LogP contribution in [0.5, 0.6) is 0 Å². The maximum atomic E-state index is 11.0. The van der Waals surface area contributed by atoms with Crippen molar-refractivity contribution in [3.63, 3.8) is 0 Å². The molecule has 0 radical (unpaired) electrons. The predicted molar refractivity (Wildman–Crippen MR) is 57.8 cm³/mol. The Bertz CT molecular complexity index is 214. The summed E-state index contributed by atoms with van der Waals surface area (Å²) in [7, 11) is 1.64. The van der Waals surface area contributed by atoms with Gasteiger partial charge in [-0.3, -0.25) is 10.1 Å². The average Bonchev–Trinajstić information content (AvgIpc) is 2.94. The van der Waals surface area contributed by atoms with Gasteiger partial charge in [-0.1, -0.05) is 13.8 Å². The van der Waals surface area contributed by atoms with Gasteiger partial charge in [0.15, 0.2) is 0 Å². The van der Waals surface area contributed by atoms with Gasteiger partial charge in [0, 0.05) is 13.2 Å². The number of rotatable bonds is 7. The molecule has 2 atom stereocenters. The van der Waals surface area contributed by atoms with Crippen molar-refractivity contribution in [3.8, 4) is 0 Å². The minimum atomic E-state index is -0.737. The van der Waals surface area contributed by atoms with Crippen LogP contribution in [0.3, 0.4) is 0 Å². The number of hydrogen-bond acceptors (Lipinski definition) is 3. The van der Waals surface area contributed by atoms with E-state index in [2.05, 4.69) is 19.2 Å². The van der Waals surface area contributed by atoms with Crippen molar-refractivity contribution in [1.29, 1.82) is 0 Å². The maximum absolute atomic E-state index is 11.0. The standard InChI is InChI=1S/C11H21NO3/c1-7(2)9(6-15-3)12-10(11(13)14)8-4-5-8/h7-10,12H,4-6H2,1-3H3,(H,13,14). The van der Waals surface area contributed by atoms with Crippen molar-refractivity contribution in [2.75, 3.05) is 13.7 Å². The zero-order valence-corrected chi connectivity index (χ0v) is 9.69. The average molecular weight is 215 g/mol. The summed E-state index contributed by atoms with van der Waals surface area (Å²) in [5.74, 6) is -0.0367. The van der Waals surface area contributed by atoms with Gasteiger partial charge in [0.05, 0.1) is 6.61 Å². The number of hydrogen-bond donors (Lipinski definition) is 2. The molecule has 4 heteroatoms. The third kappa shape index (κ3) is 3.80. The second-order valence-electron chi connectivity index (χ2n) is 4.63. The summed E-state index contributed by atoms with van der Waals surface area (Å²) in [6.45, 7) is 4.71. The van der Waals surface area contributed by atoms with Gasteiger partial charge in [-0.05, 0) is 24.7 Å². The highest BCUT2D eigenvalue weighted by Crippen LogP contribution is 2.33. The van der Waals surface area contributed by atoms with E-state index >= 15 is 0 Å². The van der Waals surface area contributed by atoms with Crippen LogP contribution in [0.25, 0.3) is 0 Å². The summed E-state index contributed by atoms with van der Waals surface area (Å²) >= 11 is 0. The summed E-state index contributed by atoms with van der Waals surface area (Å²) in [6, 6.07) is -0.274. The van der Waals surface area contributed by atoms with Crippen LogP contribution in [0.4, 0.5) is 0 Å². The van der Waals surface area contributed by atoms with E-state index in [1.54, 1.807) is 7.11 Å². The van der Waals surface area contributed by atoms with Crippen molar-refractivity contribution >= 4 is 5.97 Å². The van der Waals surface area contributed by atoms with E-state index < -0.39 is 12.0 Å². The van der Waals surface area contributed by atoms with Gasteiger partial charge in [0.1, 0.15) is 6.04 Å². The van der Waals surface area contributed by atoms with E-state index in [0.717, 1.165) is 12.8 Å². The first kappa shape index (κ1) is 12.5. The third-order valence-electron chi connectivity index (χ3n) is 2.90. The lowest BCUT2D eigenvalue weighted by molar-refractivity contribution is -0.140. The molecule has 88 valence electrons. The first-order valence-corrected chi connectivity index (χ1v) is 5.54. The van der Waals surface area contributed by atoms with Gasteiger partial charge < -0.3 is 9.84 Å². The number of methoxy groups -OCH3 is 1. The molecule has 0 aromatic heterocycles. The van der Waals surface area contributed by atoms with Crippen LogP contribution in [0.2, 0.25) is 0 Å². The number of carboxylic acid groups (broad SMARTS) is 1. The highest BCUT2D eigenvalue weighted by atomic mass is 16.5. The van der Waals surface area contributed by atoms with Crippen LogP contribution in [0.1, 0.15) is 26.7 Å². The molecule has 1 saturated carbocycles. The first-order chi connectivity index (χ1) is 7.06. The highest BCUT2D eigenvalue weighted by molar-refractivity contribution is 5.74. The SMILES string of the molecule is COCC(NC(C(=O)O)C1CC1)C(C)C. The zero-order valence-electron chi connectivity index (χ0n) is 9.69. The minimum absolute atomic E-state index is 0.122. The quantitative estimate of drug-likeness (QED) is 0.668. The van der Waals surface area contributed by atoms with E-state index in [4.69, 9.17) is 9.84 Å². The van der Waals surface area contributed by atoms with Crippen LogP contribution in [-0.4, -0.2) is 36.9 Å². The molecular weight excluding hydrogens is 194 g/mol. The summed E-state index contributed by atoms with van der Waals surface area (Å²) in [5, 5.41) is 12.3. The fourth-order valence-corrected chi connectivity index (χ4v) is 1.68. The van der Waals surface area contributed by atoms with Gasteiger partial charge in [-0.25, -0.2) is 0 Å². The predicted octanol–water partition coefficient (Wildman–Crippen LogP) is 1.11. The van der Waals surface area contributed by atoms with E-state index in [1.165, 1.54) is 0 Å². The molecule has 1 aliphatic rings. The summed E-state index contributed by atoms with van der Waals surface area (Å²) < 4.78 is 5.09. The summed E-state index contributed by atoms with van der Waals surface area (Å²) in [5.41, 5.74) is 0. The van der Waals surface area contributed by atoms with Crippen molar-refractivity contribution in [1.82, 2.24) is 5.32 Å². The smallest absolute Gasteiger partial charge is 0.320 e. The molecule has 1 fully saturated rings. The van der Waals surface area contributed by atoms with E-state index in [9.17, 15) is 4.79 Å². The monoisotopic (exact) mass is 215 g/mol. The van der Waals surface area contributed by atoms with Crippen molar-refractivity contribution in [3.05, 3.63) is 0 Å². The molecule has 0 aliphatic heterocycles. The van der Waals surface area contributed by atoms with Crippen molar-refractivity contribution in [2.24, 2.45) is 11.8 Å². The lowest BCUT2D eigenvalue weighted by Crippen LogP contribution is -2.48. The second-order valence-corrected chi connectivity index (χ2v) is 4.63. The van der Waals surface area contributed by atoms with Crippen LogP contribution in [0, 0.1) is 11.8 Å². The molecule has 2 N–H and O–H groups in total. The Morgan fingerprint density at radius 1 is 1.53 bits per heavy atom. The maximum Gasteiger partial charge on any atom is 0.320 e. The Morgan fingerprint density at radius 2 is 2.13 bits per heavy atom. The van der Waals surface area contributed by atoms with E-state index in [-0.39, 0.29) is 6.04 Å². The van der Waals surface area contributed by atoms with E-state index in [1.807, 2.05) is 0 Å². The molecule has 1 aliphatic carbocycles. The molecule has 0 spiro atoms. The number of carboxylic acids is 1. The molecule has 2 unspecified atom stereocenters. The normalized spacial score (nSPS) is 20.3. The lowest BCUT2D eigenvalue weighted by atomic mass is 10.0. The van der Waals surface area contributed by atoms with Crippen LogP contribution < -0.4 is 5.32 Å². The Balaban J connectivity index is 2.49. The number of carbonyl (C=O) groups is 1. The lowest BCUT2D eigenvalue weighted by Gasteiger charge is -2.25. The summed E-state index contributed by atoms with van der Waals surface area (Å²) in [6.07, 6.45) is 2.06. The van der Waals surface area contributed by atoms with Crippen molar-refractivity contribution < 1.29 is 14.6 Å². The number of aliphatic carboxylic acids is 1. The molecule has 0 aromatic rings. The molecule has 1 rings (SSSR count). The zero-order chi connectivity index (χ0) is 11.4. The molecule has 15 heavy (non-hydrogen) atoms. The van der Waals surface area contributed by atoms with Gasteiger partial charge in [0.2, 0.25) is 0 Å². The molecule has 0 bridgehead atoms. The van der Waals surface area contributed by atoms with Gasteiger partial charge in [-0.2, -0.15) is 0 Å². The van der Waals surface area contributed by atoms with Crippen LogP contribution in [-0.2, 0) is 9.53 Å². The van der Waals surface area contributed by atoms with Crippen molar-refractivity contribution in [2.45, 2.75) is 38.8 Å². The molecule has 0 saturated heterocycles. The van der Waals surface area contributed by atoms with Crippen LogP contribution >= 0.6 is 0 Å². The van der Waals surface area contributed by atoms with Gasteiger partial charge in [-0.15, -0.1) is 0 Å². The Kier molecular flexibility index (Phi) is 4.54. The minimum Gasteiger partial charge on any atom is -0.480 e. The molecule has 0 heterocycles. The largest absolute Gasteiger partial charge is 0.480 e. The molecular formula is C11H21NO3. The van der Waals surface area contributed by atoms with Gasteiger partial charge >= 0.3 is 5.97 Å². The van der Waals surface area contributed by atoms with Gasteiger partial charge in [0.25, 0.3) is 0 Å². The molecule has 0 amide bonds. The Hall–Kier alpha value is -0.610.